The second-order valence-electron chi connectivity index (χ2n) is 13.9. The van der Waals surface area contributed by atoms with Gasteiger partial charge in [-0.2, -0.15) is 4.98 Å². The van der Waals surface area contributed by atoms with Gasteiger partial charge in [0.2, 0.25) is 11.8 Å². The number of benzene rings is 1. The Kier molecular flexibility index (Phi) is 5.57. The van der Waals surface area contributed by atoms with Crippen molar-refractivity contribution in [3.05, 3.63) is 60.0 Å². The van der Waals surface area contributed by atoms with Crippen LogP contribution < -0.4 is 4.90 Å². The predicted molar refractivity (Wildman–Crippen MR) is 151 cm³/mol. The molecule has 7 aliphatic rings. The maximum absolute atomic E-state index is 14.6. The van der Waals surface area contributed by atoms with Gasteiger partial charge in [-0.3, -0.25) is 9.78 Å². The smallest absolute Gasteiger partial charge is 0.233 e. The molecule has 10 rings (SSSR count). The molecule has 8 heteroatoms. The van der Waals surface area contributed by atoms with Gasteiger partial charge < -0.3 is 14.2 Å². The number of anilines is 1. The number of fused-ring (bicyclic) bond motifs is 3. The standard InChI is InChI=1S/C33H37FN4O3/c1-40-17-25-8-7-24(16-35-25)23-3-2-4-26(15-23)38(29(39)32-18-33(34,19-32)20-32)21-30-9-12-31(13-10-30,14-11-30)28-36-27(37-41-28)22-5-6-22/h2-4,7-8,15-16,22H,5-6,9-14,17-21H2,1H3. The molecule has 7 fully saturated rings. The molecule has 1 aromatic carbocycles. The first kappa shape index (κ1) is 25.6. The first-order valence-corrected chi connectivity index (χ1v) is 15.2. The van der Waals surface area contributed by atoms with Crippen LogP contribution in [0.25, 0.3) is 11.1 Å². The maximum Gasteiger partial charge on any atom is 0.233 e. The highest BCUT2D eigenvalue weighted by Crippen LogP contribution is 2.70. The van der Waals surface area contributed by atoms with E-state index in [2.05, 4.69) is 22.3 Å². The number of carbonyl (C=O) groups is 1. The number of nitrogens with zero attached hydrogens (tertiary/aromatic N) is 4. The van der Waals surface area contributed by atoms with Crippen molar-refractivity contribution in [1.82, 2.24) is 15.1 Å². The summed E-state index contributed by atoms with van der Waals surface area (Å²) in [5.74, 6) is 2.32. The second kappa shape index (κ2) is 8.93. The minimum Gasteiger partial charge on any atom is -0.378 e. The Bertz CT molecular complexity index is 1450. The molecular formula is C33H37FN4O3. The molecular weight excluding hydrogens is 519 g/mol. The Morgan fingerprint density at radius 1 is 1.05 bits per heavy atom. The van der Waals surface area contributed by atoms with Crippen LogP contribution in [0.15, 0.2) is 47.1 Å². The zero-order valence-electron chi connectivity index (χ0n) is 23.7. The quantitative estimate of drug-likeness (QED) is 0.293. The lowest BCUT2D eigenvalue weighted by atomic mass is 9.41. The molecule has 0 atom stereocenters. The van der Waals surface area contributed by atoms with Gasteiger partial charge in [0.25, 0.3) is 0 Å². The van der Waals surface area contributed by atoms with E-state index >= 15 is 0 Å². The van der Waals surface area contributed by atoms with Gasteiger partial charge in [-0.05, 0) is 99.8 Å². The van der Waals surface area contributed by atoms with E-state index < -0.39 is 11.1 Å². The molecule has 0 N–H and O–H groups in total. The zero-order valence-corrected chi connectivity index (χ0v) is 23.7. The summed E-state index contributed by atoms with van der Waals surface area (Å²) >= 11 is 0. The molecule has 41 heavy (non-hydrogen) atoms. The summed E-state index contributed by atoms with van der Waals surface area (Å²) in [5.41, 5.74) is 2.17. The minimum atomic E-state index is -1.12. The fraction of sp³-hybridized carbons (Fsp3) is 0.576. The van der Waals surface area contributed by atoms with E-state index in [9.17, 15) is 9.18 Å². The third-order valence-corrected chi connectivity index (χ3v) is 11.0. The first-order valence-electron chi connectivity index (χ1n) is 15.2. The average molecular weight is 557 g/mol. The van der Waals surface area contributed by atoms with Gasteiger partial charge in [-0.25, -0.2) is 4.39 Å². The van der Waals surface area contributed by atoms with Crippen LogP contribution >= 0.6 is 0 Å². The fourth-order valence-electron chi connectivity index (χ4n) is 8.25. The fourth-order valence-corrected chi connectivity index (χ4v) is 8.25. The van der Waals surface area contributed by atoms with E-state index in [1.54, 1.807) is 7.11 Å². The number of ether oxygens (including phenoxy) is 1. The van der Waals surface area contributed by atoms with Crippen LogP contribution in [0, 0.1) is 10.8 Å². The van der Waals surface area contributed by atoms with Gasteiger partial charge in [0.15, 0.2) is 5.82 Å². The number of halogens is 1. The Hall–Kier alpha value is -3.13. The molecule has 7 aliphatic carbocycles. The number of alkyl halides is 1. The van der Waals surface area contributed by atoms with Crippen molar-refractivity contribution in [2.24, 2.45) is 10.8 Å². The van der Waals surface area contributed by atoms with Crippen LogP contribution in [0.3, 0.4) is 0 Å². The lowest BCUT2D eigenvalue weighted by Gasteiger charge is -2.65. The van der Waals surface area contributed by atoms with E-state index in [1.807, 2.05) is 35.4 Å². The van der Waals surface area contributed by atoms with Crippen LogP contribution in [0.2, 0.25) is 0 Å². The van der Waals surface area contributed by atoms with E-state index in [0.29, 0.717) is 38.3 Å². The van der Waals surface area contributed by atoms with Crippen molar-refractivity contribution in [1.29, 1.82) is 0 Å². The van der Waals surface area contributed by atoms with Gasteiger partial charge in [-0.1, -0.05) is 23.4 Å². The Morgan fingerprint density at radius 2 is 1.80 bits per heavy atom. The van der Waals surface area contributed by atoms with Crippen molar-refractivity contribution in [3.8, 4) is 11.1 Å². The molecule has 0 radical (unpaired) electrons. The normalized spacial score (nSPS) is 33.2. The second-order valence-corrected chi connectivity index (χ2v) is 13.9. The number of rotatable bonds is 9. The molecule has 7 saturated carbocycles. The topological polar surface area (TPSA) is 81.4 Å². The molecule has 2 heterocycles. The van der Waals surface area contributed by atoms with Gasteiger partial charge in [-0.15, -0.1) is 0 Å². The van der Waals surface area contributed by atoms with Crippen molar-refractivity contribution in [2.45, 2.75) is 94.2 Å². The molecule has 0 spiro atoms. The number of hydrogen-bond donors (Lipinski definition) is 0. The summed E-state index contributed by atoms with van der Waals surface area (Å²) in [6, 6.07) is 12.2. The van der Waals surface area contributed by atoms with E-state index in [-0.39, 0.29) is 16.7 Å². The van der Waals surface area contributed by atoms with Gasteiger partial charge in [0, 0.05) is 42.4 Å². The number of pyridine rings is 1. The molecule has 1 amide bonds. The SMILES string of the molecule is COCc1ccc(-c2cccc(N(CC34CCC(c5nc(C6CC6)no5)(CC3)CC4)C(=O)C34CC(F)(C3)C4)c2)cn1. The zero-order chi connectivity index (χ0) is 27.9. The van der Waals surface area contributed by atoms with Crippen LogP contribution in [0.5, 0.6) is 0 Å². The van der Waals surface area contributed by atoms with Crippen molar-refractivity contribution < 1.29 is 18.4 Å². The summed E-state index contributed by atoms with van der Waals surface area (Å²) in [6.07, 6.45) is 11.4. The summed E-state index contributed by atoms with van der Waals surface area (Å²) in [4.78, 5) is 25.6. The van der Waals surface area contributed by atoms with E-state index in [1.165, 1.54) is 12.8 Å². The molecule has 214 valence electrons. The van der Waals surface area contributed by atoms with Crippen molar-refractivity contribution in [3.63, 3.8) is 0 Å². The number of aromatic nitrogens is 3. The molecule has 0 aliphatic heterocycles. The van der Waals surface area contributed by atoms with E-state index in [4.69, 9.17) is 14.2 Å². The summed E-state index contributed by atoms with van der Waals surface area (Å²) in [5, 5.41) is 4.31. The number of methoxy groups -OCH3 is 1. The Balaban J connectivity index is 1.06. The third kappa shape index (κ3) is 4.16. The van der Waals surface area contributed by atoms with Crippen LogP contribution in [0.4, 0.5) is 10.1 Å². The average Bonchev–Trinajstić information content (AvgIpc) is 3.70. The Labute approximate surface area is 239 Å². The molecule has 2 aromatic heterocycles. The number of carbonyl (C=O) groups excluding carboxylic acids is 1. The van der Waals surface area contributed by atoms with Gasteiger partial charge in [0.1, 0.15) is 5.67 Å². The first-order chi connectivity index (χ1) is 19.8. The van der Waals surface area contributed by atoms with Crippen molar-refractivity contribution in [2.75, 3.05) is 18.6 Å². The summed E-state index contributed by atoms with van der Waals surface area (Å²) < 4.78 is 25.6. The van der Waals surface area contributed by atoms with Gasteiger partial charge >= 0.3 is 0 Å². The highest BCUT2D eigenvalue weighted by atomic mass is 19.1. The molecule has 7 nitrogen and oxygen atoms in total. The molecule has 0 saturated heterocycles. The van der Waals surface area contributed by atoms with Crippen LogP contribution in [-0.2, 0) is 21.6 Å². The lowest BCUT2D eigenvalue weighted by Crippen LogP contribution is -2.71. The summed E-state index contributed by atoms with van der Waals surface area (Å²) in [7, 11) is 1.66. The Morgan fingerprint density at radius 3 is 2.44 bits per heavy atom. The molecule has 3 aromatic rings. The number of amides is 1. The molecule has 0 unspecified atom stereocenters. The summed E-state index contributed by atoms with van der Waals surface area (Å²) in [6.45, 7) is 1.15. The monoisotopic (exact) mass is 556 g/mol. The van der Waals surface area contributed by atoms with Crippen LogP contribution in [0.1, 0.15) is 94.0 Å². The van der Waals surface area contributed by atoms with Crippen LogP contribution in [-0.4, -0.2) is 40.4 Å². The minimum absolute atomic E-state index is 0.0207. The third-order valence-electron chi connectivity index (χ3n) is 11.0. The largest absolute Gasteiger partial charge is 0.378 e. The lowest BCUT2D eigenvalue weighted by molar-refractivity contribution is -0.211. The molecule has 4 bridgehead atoms. The van der Waals surface area contributed by atoms with Crippen molar-refractivity contribution >= 4 is 11.6 Å². The van der Waals surface area contributed by atoms with E-state index in [0.717, 1.165) is 72.7 Å². The van der Waals surface area contributed by atoms with Gasteiger partial charge in [0.05, 0.1) is 17.7 Å². The maximum atomic E-state index is 14.6. The predicted octanol–water partition coefficient (Wildman–Crippen LogP) is 6.67. The number of hydrogen-bond acceptors (Lipinski definition) is 6. The highest BCUT2D eigenvalue weighted by Gasteiger charge is 2.73. The highest BCUT2D eigenvalue weighted by molar-refractivity contribution is 6.00.